The van der Waals surface area contributed by atoms with Gasteiger partial charge in [0, 0.05) is 0 Å². The average molecular weight is 314 g/mol. The molecule has 4 aromatic rings. The van der Waals surface area contributed by atoms with Gasteiger partial charge in [0.2, 0.25) is 0 Å². The number of phenols is 1. The molecule has 0 amide bonds. The maximum Gasteiger partial charge on any atom is 0.266 e. The first-order chi connectivity index (χ1) is 11.8. The predicted molar refractivity (Wildman–Crippen MR) is 94.4 cm³/mol. The van der Waals surface area contributed by atoms with Gasteiger partial charge in [0.25, 0.3) is 5.56 Å². The van der Waals surface area contributed by atoms with Gasteiger partial charge in [-0.2, -0.15) is 0 Å². The number of hydrogen-bond donors (Lipinski definition) is 1. The molecule has 24 heavy (non-hydrogen) atoms. The standard InChI is InChI=1S/C20H14N2O2/c23-18-13-7-5-11-16(18)19-21-17-12-6-4-10-15(17)20(24)22(19)14-8-2-1-3-9-14/h1-13,23H. The van der Waals surface area contributed by atoms with E-state index in [0.29, 0.717) is 28.0 Å². The van der Waals surface area contributed by atoms with Crippen molar-refractivity contribution >= 4 is 10.9 Å². The molecule has 0 radical (unpaired) electrons. The summed E-state index contributed by atoms with van der Waals surface area (Å²) >= 11 is 0. The number of aromatic nitrogens is 2. The number of rotatable bonds is 2. The Bertz CT molecular complexity index is 1090. The maximum absolute atomic E-state index is 13.1. The Morgan fingerprint density at radius 2 is 1.46 bits per heavy atom. The fourth-order valence-corrected chi connectivity index (χ4v) is 2.79. The molecule has 0 saturated heterocycles. The van der Waals surface area contributed by atoms with Crippen molar-refractivity contribution in [3.63, 3.8) is 0 Å². The topological polar surface area (TPSA) is 55.1 Å². The van der Waals surface area contributed by atoms with Crippen LogP contribution in [-0.2, 0) is 0 Å². The van der Waals surface area contributed by atoms with Gasteiger partial charge in [0.15, 0.2) is 5.82 Å². The van der Waals surface area contributed by atoms with E-state index in [1.54, 1.807) is 30.3 Å². The highest BCUT2D eigenvalue weighted by Gasteiger charge is 2.16. The van der Waals surface area contributed by atoms with Crippen molar-refractivity contribution < 1.29 is 5.11 Å². The van der Waals surface area contributed by atoms with Crippen LogP contribution in [0.2, 0.25) is 0 Å². The van der Waals surface area contributed by atoms with Gasteiger partial charge < -0.3 is 5.11 Å². The quantitative estimate of drug-likeness (QED) is 0.613. The molecular weight excluding hydrogens is 300 g/mol. The monoisotopic (exact) mass is 314 g/mol. The summed E-state index contributed by atoms with van der Waals surface area (Å²) in [4.78, 5) is 17.7. The predicted octanol–water partition coefficient (Wildman–Crippen LogP) is 3.76. The maximum atomic E-state index is 13.1. The Balaban J connectivity index is 2.16. The van der Waals surface area contributed by atoms with Crippen LogP contribution in [0, 0.1) is 0 Å². The molecule has 0 aliphatic rings. The van der Waals surface area contributed by atoms with Crippen molar-refractivity contribution in [1.29, 1.82) is 0 Å². The molecule has 1 aromatic heterocycles. The minimum absolute atomic E-state index is 0.0874. The summed E-state index contributed by atoms with van der Waals surface area (Å²) in [5.41, 5.74) is 1.67. The van der Waals surface area contributed by atoms with Gasteiger partial charge in [-0.15, -0.1) is 0 Å². The third-order valence-electron chi connectivity index (χ3n) is 3.94. The van der Waals surface area contributed by atoms with Crippen LogP contribution in [0.3, 0.4) is 0 Å². The van der Waals surface area contributed by atoms with Gasteiger partial charge in [0.05, 0.1) is 22.2 Å². The molecule has 116 valence electrons. The Labute approximate surface area is 138 Å². The van der Waals surface area contributed by atoms with E-state index in [1.807, 2.05) is 48.5 Å². The van der Waals surface area contributed by atoms with Crippen LogP contribution in [0.1, 0.15) is 0 Å². The molecule has 0 atom stereocenters. The molecule has 0 aliphatic carbocycles. The molecule has 0 fully saturated rings. The smallest absolute Gasteiger partial charge is 0.266 e. The number of para-hydroxylation sites is 3. The second-order valence-electron chi connectivity index (χ2n) is 5.45. The van der Waals surface area contributed by atoms with Crippen molar-refractivity contribution in [2.24, 2.45) is 0 Å². The third kappa shape index (κ3) is 2.25. The molecular formula is C20H14N2O2. The van der Waals surface area contributed by atoms with Gasteiger partial charge in [-0.05, 0) is 36.4 Å². The SMILES string of the molecule is O=c1c2ccccc2nc(-c2ccccc2O)n1-c1ccccc1. The van der Waals surface area contributed by atoms with Gasteiger partial charge >= 0.3 is 0 Å². The van der Waals surface area contributed by atoms with E-state index >= 15 is 0 Å². The zero-order chi connectivity index (χ0) is 16.5. The van der Waals surface area contributed by atoms with Crippen LogP contribution in [0.4, 0.5) is 0 Å². The lowest BCUT2D eigenvalue weighted by Crippen LogP contribution is -2.21. The van der Waals surface area contributed by atoms with Crippen molar-refractivity contribution in [2.45, 2.75) is 0 Å². The van der Waals surface area contributed by atoms with Gasteiger partial charge in [-0.1, -0.05) is 42.5 Å². The highest BCUT2D eigenvalue weighted by atomic mass is 16.3. The lowest BCUT2D eigenvalue weighted by atomic mass is 10.1. The second-order valence-corrected chi connectivity index (χ2v) is 5.45. The average Bonchev–Trinajstić information content (AvgIpc) is 2.63. The first kappa shape index (κ1) is 14.2. The number of hydrogen-bond acceptors (Lipinski definition) is 3. The summed E-state index contributed by atoms with van der Waals surface area (Å²) < 4.78 is 1.54. The summed E-state index contributed by atoms with van der Waals surface area (Å²) in [6.07, 6.45) is 0. The number of aromatic hydroxyl groups is 1. The van der Waals surface area contributed by atoms with E-state index < -0.39 is 0 Å². The van der Waals surface area contributed by atoms with Crippen molar-refractivity contribution in [1.82, 2.24) is 9.55 Å². The lowest BCUT2D eigenvalue weighted by Gasteiger charge is -2.14. The van der Waals surface area contributed by atoms with E-state index in [4.69, 9.17) is 0 Å². The van der Waals surface area contributed by atoms with E-state index in [1.165, 1.54) is 4.57 Å². The fourth-order valence-electron chi connectivity index (χ4n) is 2.79. The lowest BCUT2D eigenvalue weighted by molar-refractivity contribution is 0.476. The van der Waals surface area contributed by atoms with Crippen LogP contribution < -0.4 is 5.56 Å². The summed E-state index contributed by atoms with van der Waals surface area (Å²) in [6, 6.07) is 23.4. The molecule has 0 unspecified atom stereocenters. The molecule has 0 saturated carbocycles. The van der Waals surface area contributed by atoms with Crippen molar-refractivity contribution in [3.05, 3.63) is 89.2 Å². The zero-order valence-electron chi connectivity index (χ0n) is 12.8. The molecule has 0 bridgehead atoms. The molecule has 4 rings (SSSR count). The Hall–Kier alpha value is -3.40. The largest absolute Gasteiger partial charge is 0.507 e. The summed E-state index contributed by atoms with van der Waals surface area (Å²) in [5.74, 6) is 0.507. The summed E-state index contributed by atoms with van der Waals surface area (Å²) in [7, 11) is 0. The Kier molecular flexibility index (Phi) is 3.35. The van der Waals surface area contributed by atoms with Crippen LogP contribution in [0.25, 0.3) is 28.0 Å². The number of fused-ring (bicyclic) bond motifs is 1. The normalized spacial score (nSPS) is 10.8. The number of nitrogens with zero attached hydrogens (tertiary/aromatic N) is 2. The van der Waals surface area contributed by atoms with Crippen molar-refractivity contribution in [3.8, 4) is 22.8 Å². The Morgan fingerprint density at radius 3 is 2.25 bits per heavy atom. The highest BCUT2D eigenvalue weighted by Crippen LogP contribution is 2.29. The molecule has 1 N–H and O–H groups in total. The van der Waals surface area contributed by atoms with E-state index in [-0.39, 0.29) is 11.3 Å². The number of benzene rings is 3. The third-order valence-corrected chi connectivity index (χ3v) is 3.94. The van der Waals surface area contributed by atoms with E-state index in [0.717, 1.165) is 0 Å². The molecule has 0 aliphatic heterocycles. The fraction of sp³-hybridized carbons (Fsp3) is 0. The summed E-state index contributed by atoms with van der Waals surface area (Å²) in [6.45, 7) is 0. The molecule has 4 heteroatoms. The van der Waals surface area contributed by atoms with Gasteiger partial charge in [-0.3, -0.25) is 9.36 Å². The molecule has 1 heterocycles. The van der Waals surface area contributed by atoms with E-state index in [2.05, 4.69) is 4.98 Å². The second kappa shape index (κ2) is 5.66. The van der Waals surface area contributed by atoms with Crippen molar-refractivity contribution in [2.75, 3.05) is 0 Å². The Morgan fingerprint density at radius 1 is 0.792 bits per heavy atom. The van der Waals surface area contributed by atoms with Gasteiger partial charge in [-0.25, -0.2) is 4.98 Å². The van der Waals surface area contributed by atoms with Crippen LogP contribution in [0.15, 0.2) is 83.7 Å². The molecule has 3 aromatic carbocycles. The van der Waals surface area contributed by atoms with Crippen LogP contribution in [-0.4, -0.2) is 14.7 Å². The zero-order valence-corrected chi connectivity index (χ0v) is 12.8. The van der Waals surface area contributed by atoms with Crippen LogP contribution in [0.5, 0.6) is 5.75 Å². The van der Waals surface area contributed by atoms with E-state index in [9.17, 15) is 9.90 Å². The first-order valence-electron chi connectivity index (χ1n) is 7.61. The molecule has 0 spiro atoms. The minimum Gasteiger partial charge on any atom is -0.507 e. The molecule has 4 nitrogen and oxygen atoms in total. The van der Waals surface area contributed by atoms with Gasteiger partial charge in [0.1, 0.15) is 5.75 Å². The first-order valence-corrected chi connectivity index (χ1v) is 7.61. The summed E-state index contributed by atoms with van der Waals surface area (Å²) in [5, 5.41) is 10.8. The number of phenolic OH excluding ortho intramolecular Hbond substituents is 1. The van der Waals surface area contributed by atoms with Crippen LogP contribution >= 0.6 is 0 Å². The highest BCUT2D eigenvalue weighted by molar-refractivity contribution is 5.81. The minimum atomic E-state index is -0.162.